The maximum absolute atomic E-state index is 10.3. The van der Waals surface area contributed by atoms with Crippen molar-refractivity contribution in [3.05, 3.63) is 53.3 Å². The smallest absolute Gasteiger partial charge is 0.177 e. The molecule has 1 aromatic heterocycles. The number of nitrogens with zero attached hydrogens (tertiary/aromatic N) is 3. The molecular formula is C20H24ClN3O4. The van der Waals surface area contributed by atoms with Crippen LogP contribution in [0.15, 0.2) is 41.8 Å². The largest absolute Gasteiger partial charge is 0.493 e. The SMILES string of the molecule is COc1ccc2c(c1OC)CCN(CC(O)CON=C(Cl)c1cccnc1)C2. The predicted molar refractivity (Wildman–Crippen MR) is 107 cm³/mol. The zero-order chi connectivity index (χ0) is 19.9. The summed E-state index contributed by atoms with van der Waals surface area (Å²) < 4.78 is 10.9. The van der Waals surface area contributed by atoms with Crippen molar-refractivity contribution in [2.24, 2.45) is 5.16 Å². The molecule has 0 fully saturated rings. The van der Waals surface area contributed by atoms with Gasteiger partial charge < -0.3 is 19.4 Å². The number of aromatic nitrogens is 1. The minimum atomic E-state index is -0.677. The van der Waals surface area contributed by atoms with E-state index < -0.39 is 6.10 Å². The first-order valence-electron chi connectivity index (χ1n) is 9.01. The fraction of sp³-hybridized carbons (Fsp3) is 0.400. The molecule has 2 heterocycles. The van der Waals surface area contributed by atoms with E-state index in [2.05, 4.69) is 15.0 Å². The van der Waals surface area contributed by atoms with Gasteiger partial charge in [0.1, 0.15) is 12.7 Å². The Labute approximate surface area is 169 Å². The summed E-state index contributed by atoms with van der Waals surface area (Å²) in [6, 6.07) is 7.51. The number of ether oxygens (including phenoxy) is 2. The van der Waals surface area contributed by atoms with Crippen LogP contribution in [-0.4, -0.2) is 60.2 Å². The van der Waals surface area contributed by atoms with Crippen LogP contribution >= 0.6 is 11.6 Å². The molecule has 0 amide bonds. The number of oxime groups is 1. The highest BCUT2D eigenvalue weighted by Crippen LogP contribution is 2.36. The van der Waals surface area contributed by atoms with Crippen LogP contribution in [0.2, 0.25) is 0 Å². The van der Waals surface area contributed by atoms with Crippen LogP contribution in [0.3, 0.4) is 0 Å². The molecule has 2 aromatic rings. The third kappa shape index (κ3) is 4.92. The number of methoxy groups -OCH3 is 2. The van der Waals surface area contributed by atoms with Crippen LogP contribution in [0.4, 0.5) is 0 Å². The van der Waals surface area contributed by atoms with Crippen LogP contribution < -0.4 is 9.47 Å². The van der Waals surface area contributed by atoms with Gasteiger partial charge in [-0.3, -0.25) is 9.88 Å². The number of β-amino-alcohol motifs (C(OH)–C–C–N with tert-alkyl or cyclic N) is 1. The van der Waals surface area contributed by atoms with Gasteiger partial charge in [-0.25, -0.2) is 0 Å². The number of aliphatic hydroxyl groups excluding tert-OH is 1. The van der Waals surface area contributed by atoms with Crippen molar-refractivity contribution in [1.29, 1.82) is 0 Å². The van der Waals surface area contributed by atoms with Crippen molar-refractivity contribution in [3.8, 4) is 11.5 Å². The monoisotopic (exact) mass is 405 g/mol. The first-order chi connectivity index (χ1) is 13.6. The van der Waals surface area contributed by atoms with Crippen molar-refractivity contribution in [1.82, 2.24) is 9.88 Å². The van der Waals surface area contributed by atoms with E-state index in [4.69, 9.17) is 25.9 Å². The lowest BCUT2D eigenvalue weighted by Crippen LogP contribution is -2.38. The summed E-state index contributed by atoms with van der Waals surface area (Å²) in [6.07, 6.45) is 3.40. The second-order valence-electron chi connectivity index (χ2n) is 6.50. The highest BCUT2D eigenvalue weighted by molar-refractivity contribution is 6.69. The minimum Gasteiger partial charge on any atom is -0.493 e. The molecule has 0 saturated carbocycles. The van der Waals surface area contributed by atoms with Crippen LogP contribution in [-0.2, 0) is 17.8 Å². The number of benzene rings is 1. The third-order valence-corrected chi connectivity index (χ3v) is 4.88. The molecular weight excluding hydrogens is 382 g/mol. The van der Waals surface area contributed by atoms with E-state index in [0.29, 0.717) is 12.1 Å². The lowest BCUT2D eigenvalue weighted by Gasteiger charge is -2.31. The highest BCUT2D eigenvalue weighted by Gasteiger charge is 2.23. The van der Waals surface area contributed by atoms with E-state index in [1.54, 1.807) is 38.7 Å². The highest BCUT2D eigenvalue weighted by atomic mass is 35.5. The molecule has 1 atom stereocenters. The van der Waals surface area contributed by atoms with Crippen molar-refractivity contribution >= 4 is 16.8 Å². The molecule has 150 valence electrons. The Hall–Kier alpha value is -2.35. The number of pyridine rings is 1. The van der Waals surface area contributed by atoms with Gasteiger partial charge in [-0.1, -0.05) is 22.8 Å². The fourth-order valence-corrected chi connectivity index (χ4v) is 3.43. The van der Waals surface area contributed by atoms with E-state index in [9.17, 15) is 5.11 Å². The van der Waals surface area contributed by atoms with E-state index in [0.717, 1.165) is 36.6 Å². The molecule has 8 heteroatoms. The molecule has 28 heavy (non-hydrogen) atoms. The molecule has 0 bridgehead atoms. The van der Waals surface area contributed by atoms with Gasteiger partial charge in [-0.2, -0.15) is 0 Å². The van der Waals surface area contributed by atoms with Crippen LogP contribution in [0, 0.1) is 0 Å². The summed E-state index contributed by atoms with van der Waals surface area (Å²) >= 11 is 6.06. The summed E-state index contributed by atoms with van der Waals surface area (Å²) in [4.78, 5) is 11.4. The topological polar surface area (TPSA) is 76.4 Å². The number of hydrogen-bond donors (Lipinski definition) is 1. The van der Waals surface area contributed by atoms with Gasteiger partial charge in [-0.15, -0.1) is 0 Å². The Morgan fingerprint density at radius 1 is 1.32 bits per heavy atom. The Balaban J connectivity index is 1.53. The maximum atomic E-state index is 10.3. The molecule has 0 spiro atoms. The number of hydrogen-bond acceptors (Lipinski definition) is 7. The van der Waals surface area contributed by atoms with Crippen molar-refractivity contribution in [2.75, 3.05) is 33.9 Å². The number of halogens is 1. The van der Waals surface area contributed by atoms with Crippen LogP contribution in [0.5, 0.6) is 11.5 Å². The molecule has 0 radical (unpaired) electrons. The van der Waals surface area contributed by atoms with Gasteiger partial charge in [0.05, 0.1) is 14.2 Å². The van der Waals surface area contributed by atoms with Gasteiger partial charge in [0.25, 0.3) is 0 Å². The van der Waals surface area contributed by atoms with Crippen LogP contribution in [0.1, 0.15) is 16.7 Å². The molecule has 1 N–H and O–H groups in total. The van der Waals surface area contributed by atoms with Gasteiger partial charge in [0, 0.05) is 43.2 Å². The third-order valence-electron chi connectivity index (χ3n) is 4.60. The predicted octanol–water partition coefficient (Wildman–Crippen LogP) is 2.44. The first kappa shape index (κ1) is 20.4. The van der Waals surface area contributed by atoms with Gasteiger partial charge in [0.2, 0.25) is 0 Å². The molecule has 7 nitrogen and oxygen atoms in total. The molecule has 1 aliphatic rings. The lowest BCUT2D eigenvalue weighted by molar-refractivity contribution is 0.0168. The Kier molecular flexibility index (Phi) is 7.08. The average molecular weight is 406 g/mol. The summed E-state index contributed by atoms with van der Waals surface area (Å²) in [5.41, 5.74) is 3.00. The van der Waals surface area contributed by atoms with Crippen LogP contribution in [0.25, 0.3) is 0 Å². The second-order valence-corrected chi connectivity index (χ2v) is 6.86. The van der Waals surface area contributed by atoms with E-state index in [1.807, 2.05) is 12.1 Å². The molecule has 0 saturated heterocycles. The first-order valence-corrected chi connectivity index (χ1v) is 9.39. The average Bonchev–Trinajstić information content (AvgIpc) is 2.73. The number of fused-ring (bicyclic) bond motifs is 1. The quantitative estimate of drug-likeness (QED) is 0.537. The summed E-state index contributed by atoms with van der Waals surface area (Å²) in [6.45, 7) is 2.08. The summed E-state index contributed by atoms with van der Waals surface area (Å²) in [5, 5.41) is 14.3. The molecule has 3 rings (SSSR count). The van der Waals surface area contributed by atoms with Gasteiger partial charge in [-0.05, 0) is 30.2 Å². The molecule has 1 unspecified atom stereocenters. The Morgan fingerprint density at radius 2 is 2.18 bits per heavy atom. The summed E-state index contributed by atoms with van der Waals surface area (Å²) in [5.74, 6) is 1.54. The van der Waals surface area contributed by atoms with Gasteiger partial charge >= 0.3 is 0 Å². The molecule has 1 aliphatic heterocycles. The fourth-order valence-electron chi connectivity index (χ4n) is 3.27. The second kappa shape index (κ2) is 9.73. The lowest BCUT2D eigenvalue weighted by atomic mass is 9.98. The molecule has 1 aromatic carbocycles. The normalized spacial score (nSPS) is 15.6. The van der Waals surface area contributed by atoms with Crippen molar-refractivity contribution in [2.45, 2.75) is 19.1 Å². The number of rotatable bonds is 8. The van der Waals surface area contributed by atoms with E-state index >= 15 is 0 Å². The maximum Gasteiger partial charge on any atom is 0.177 e. The zero-order valence-electron chi connectivity index (χ0n) is 16.0. The molecule has 0 aliphatic carbocycles. The Morgan fingerprint density at radius 3 is 2.89 bits per heavy atom. The Bertz CT molecular complexity index is 817. The van der Waals surface area contributed by atoms with Gasteiger partial charge in [0.15, 0.2) is 16.7 Å². The minimum absolute atomic E-state index is 0.0613. The van der Waals surface area contributed by atoms with E-state index in [-0.39, 0.29) is 11.8 Å². The van der Waals surface area contributed by atoms with Crippen molar-refractivity contribution < 1.29 is 19.4 Å². The summed E-state index contributed by atoms with van der Waals surface area (Å²) in [7, 11) is 3.29. The van der Waals surface area contributed by atoms with Crippen molar-refractivity contribution in [3.63, 3.8) is 0 Å². The standard InChI is InChI=1S/C20H24ClN3O4/c1-26-18-6-5-15-11-24(9-7-17(15)19(18)27-2)12-16(25)13-28-23-20(21)14-4-3-8-22-10-14/h3-6,8,10,16,25H,7,9,11-13H2,1-2H3. The zero-order valence-corrected chi connectivity index (χ0v) is 16.7. The van der Waals surface area contributed by atoms with E-state index in [1.165, 1.54) is 5.56 Å². The number of aliphatic hydroxyl groups is 1.